The van der Waals surface area contributed by atoms with E-state index >= 15 is 0 Å². The summed E-state index contributed by atoms with van der Waals surface area (Å²) in [6.07, 6.45) is -3.20. The molecule has 33 heavy (non-hydrogen) atoms. The molecule has 10 nitrogen and oxygen atoms in total. The van der Waals surface area contributed by atoms with Gasteiger partial charge in [-0.1, -0.05) is 11.6 Å². The van der Waals surface area contributed by atoms with Crippen LogP contribution in [0.4, 0.5) is 11.4 Å². The average molecular weight is 452 g/mol. The third-order valence-electron chi connectivity index (χ3n) is 5.62. The predicted octanol–water partition coefficient (Wildman–Crippen LogP) is 0.942. The maximum absolute atomic E-state index is 13.1. The molecule has 2 aromatic carbocycles. The first-order valence-corrected chi connectivity index (χ1v) is 10.4. The van der Waals surface area contributed by atoms with Gasteiger partial charge in [0.25, 0.3) is 11.8 Å². The monoisotopic (exact) mass is 452 g/mol. The zero-order valence-electron chi connectivity index (χ0n) is 18.2. The number of hydrogen-bond donors (Lipinski definition) is 4. The number of fused-ring (bicyclic) bond motifs is 1. The Morgan fingerprint density at radius 3 is 2.85 bits per heavy atom. The summed E-state index contributed by atoms with van der Waals surface area (Å²) in [5.74, 6) is -1.72. The van der Waals surface area contributed by atoms with Crippen LogP contribution in [0.5, 0.6) is 0 Å². The van der Waals surface area contributed by atoms with Gasteiger partial charge in [-0.05, 0) is 42.8 Å². The summed E-state index contributed by atoms with van der Waals surface area (Å²) in [7, 11) is 1.25. The molecule has 1 saturated heterocycles. The van der Waals surface area contributed by atoms with E-state index < -0.39 is 30.0 Å². The van der Waals surface area contributed by atoms with Gasteiger partial charge in [-0.15, -0.1) is 0 Å². The highest BCUT2D eigenvalue weighted by Crippen LogP contribution is 2.27. The zero-order valence-corrected chi connectivity index (χ0v) is 18.2. The van der Waals surface area contributed by atoms with Gasteiger partial charge in [0, 0.05) is 24.3 Å². The molecule has 2 aliphatic rings. The van der Waals surface area contributed by atoms with Crippen molar-refractivity contribution in [2.45, 2.75) is 25.7 Å². The number of hydrogen-bond acceptors (Lipinski definition) is 7. The third-order valence-corrected chi connectivity index (χ3v) is 5.62. The highest BCUT2D eigenvalue weighted by molar-refractivity contribution is 6.07. The number of esters is 1. The van der Waals surface area contributed by atoms with E-state index in [-0.39, 0.29) is 18.7 Å². The molecule has 4 N–H and O–H groups in total. The van der Waals surface area contributed by atoms with Crippen LogP contribution >= 0.6 is 0 Å². The molecule has 2 atom stereocenters. The van der Waals surface area contributed by atoms with E-state index in [9.17, 15) is 19.5 Å². The van der Waals surface area contributed by atoms with Crippen molar-refractivity contribution in [2.24, 2.45) is 0 Å². The summed E-state index contributed by atoms with van der Waals surface area (Å²) >= 11 is 0. The van der Waals surface area contributed by atoms with Crippen molar-refractivity contribution >= 4 is 35.0 Å². The van der Waals surface area contributed by atoms with Gasteiger partial charge >= 0.3 is 5.97 Å². The number of nitrogens with one attached hydrogen (secondary N) is 3. The van der Waals surface area contributed by atoms with Gasteiger partial charge in [0.05, 0.1) is 25.0 Å². The minimum absolute atomic E-state index is 0.0713. The van der Waals surface area contributed by atoms with Crippen LogP contribution in [0.15, 0.2) is 36.4 Å². The number of aliphatic hydroxyl groups excluding tert-OH is 1. The molecule has 4 rings (SSSR count). The van der Waals surface area contributed by atoms with Gasteiger partial charge in [-0.25, -0.2) is 4.79 Å². The van der Waals surface area contributed by atoms with Crippen LogP contribution in [0, 0.1) is 12.3 Å². The summed E-state index contributed by atoms with van der Waals surface area (Å²) in [4.78, 5) is 39.4. The Hall–Kier alpha value is -3.76. The van der Waals surface area contributed by atoms with Crippen molar-refractivity contribution in [1.82, 2.24) is 5.32 Å². The molecule has 1 fully saturated rings. The Morgan fingerprint density at radius 1 is 1.30 bits per heavy atom. The lowest BCUT2D eigenvalue weighted by atomic mass is 10.0. The fraction of sp³-hybridized carbons (Fsp3) is 0.304. The van der Waals surface area contributed by atoms with Crippen LogP contribution in [0.1, 0.15) is 27.0 Å². The maximum atomic E-state index is 13.1. The number of carbonyl (C=O) groups is 3. The van der Waals surface area contributed by atoms with E-state index in [4.69, 9.17) is 14.9 Å². The number of carbonyl (C=O) groups excluding carboxylic acids is 3. The van der Waals surface area contributed by atoms with Crippen LogP contribution in [0.25, 0.3) is 0 Å². The molecule has 2 heterocycles. The summed E-state index contributed by atoms with van der Waals surface area (Å²) < 4.78 is 10.3. The highest BCUT2D eigenvalue weighted by Gasteiger charge is 2.40. The van der Waals surface area contributed by atoms with Gasteiger partial charge in [-0.3, -0.25) is 15.0 Å². The zero-order chi connectivity index (χ0) is 23.7. The van der Waals surface area contributed by atoms with Crippen molar-refractivity contribution in [3.05, 3.63) is 58.7 Å². The highest BCUT2D eigenvalue weighted by atomic mass is 16.5. The Morgan fingerprint density at radius 2 is 2.09 bits per heavy atom. The minimum atomic E-state index is -1.77. The molecule has 0 aliphatic carbocycles. The smallest absolute Gasteiger partial charge is 0.339 e. The van der Waals surface area contributed by atoms with Crippen molar-refractivity contribution in [3.8, 4) is 0 Å². The summed E-state index contributed by atoms with van der Waals surface area (Å²) in [6, 6.07) is 10.0. The Balaban J connectivity index is 1.52. The SMILES string of the molecule is COC(=O)c1cc(C)ccc1N1CCO[C@H]([C@@H](O)C(=O)Nc2ccc3c(c2)CNC3=N)C1=O. The maximum Gasteiger partial charge on any atom is 0.339 e. The second-order valence-electron chi connectivity index (χ2n) is 7.83. The molecule has 0 radical (unpaired) electrons. The lowest BCUT2D eigenvalue weighted by Gasteiger charge is -2.34. The summed E-state index contributed by atoms with van der Waals surface area (Å²) in [6.45, 7) is 2.51. The molecule has 2 amide bonds. The van der Waals surface area contributed by atoms with Crippen LogP contribution in [0.3, 0.4) is 0 Å². The number of nitrogens with zero attached hydrogens (tertiary/aromatic N) is 1. The van der Waals surface area contributed by atoms with Crippen molar-refractivity contribution < 1.29 is 29.0 Å². The number of amidine groups is 1. The van der Waals surface area contributed by atoms with Gasteiger partial charge in [0.2, 0.25) is 0 Å². The predicted molar refractivity (Wildman–Crippen MR) is 119 cm³/mol. The van der Waals surface area contributed by atoms with Crippen LogP contribution < -0.4 is 15.5 Å². The third kappa shape index (κ3) is 4.30. The first kappa shape index (κ1) is 22.4. The molecular formula is C23H24N4O6. The van der Waals surface area contributed by atoms with Gasteiger partial charge < -0.3 is 30.1 Å². The van der Waals surface area contributed by atoms with Crippen molar-refractivity contribution in [3.63, 3.8) is 0 Å². The van der Waals surface area contributed by atoms with Crippen LogP contribution in [0.2, 0.25) is 0 Å². The standard InChI is InChI=1S/C23H24N4O6/c1-12-3-6-17(16(9-12)23(31)32-2)27-7-8-33-19(22(27)30)18(28)21(29)26-14-4-5-15-13(10-14)11-25-20(15)24/h3-6,9-10,18-19,28H,7-8,11H2,1-2H3,(H2,24,25)(H,26,29)/t18-,19-/m1/s1. The number of anilines is 2. The molecule has 2 aromatic rings. The van der Waals surface area contributed by atoms with E-state index in [1.165, 1.54) is 12.0 Å². The van der Waals surface area contributed by atoms with E-state index in [0.717, 1.165) is 16.7 Å². The Labute approximate surface area is 190 Å². The molecule has 10 heteroatoms. The lowest BCUT2D eigenvalue weighted by Crippen LogP contribution is -2.55. The lowest BCUT2D eigenvalue weighted by molar-refractivity contribution is -0.150. The first-order chi connectivity index (χ1) is 15.8. The van der Waals surface area contributed by atoms with Crippen LogP contribution in [-0.2, 0) is 25.6 Å². The normalized spacial score (nSPS) is 18.4. The first-order valence-electron chi connectivity index (χ1n) is 10.4. The van der Waals surface area contributed by atoms with E-state index in [0.29, 0.717) is 23.8 Å². The molecule has 172 valence electrons. The molecular weight excluding hydrogens is 428 g/mol. The second-order valence-corrected chi connectivity index (χ2v) is 7.83. The fourth-order valence-corrected chi connectivity index (χ4v) is 3.92. The number of aliphatic hydroxyl groups is 1. The van der Waals surface area contributed by atoms with Gasteiger partial charge in [0.1, 0.15) is 5.84 Å². The number of methoxy groups -OCH3 is 1. The van der Waals surface area contributed by atoms with E-state index in [2.05, 4.69) is 10.6 Å². The summed E-state index contributed by atoms with van der Waals surface area (Å²) in [5, 5.41) is 23.9. The van der Waals surface area contributed by atoms with Gasteiger partial charge in [0.15, 0.2) is 12.2 Å². The second kappa shape index (κ2) is 9.00. The number of rotatable bonds is 5. The summed E-state index contributed by atoms with van der Waals surface area (Å²) in [5.41, 5.74) is 3.37. The number of benzene rings is 2. The number of ether oxygens (including phenoxy) is 2. The molecule has 0 aromatic heterocycles. The van der Waals surface area contributed by atoms with Gasteiger partial charge in [-0.2, -0.15) is 0 Å². The molecule has 0 saturated carbocycles. The quantitative estimate of drug-likeness (QED) is 0.495. The van der Waals surface area contributed by atoms with E-state index in [1.54, 1.807) is 36.4 Å². The number of morpholine rings is 1. The van der Waals surface area contributed by atoms with Crippen molar-refractivity contribution in [1.29, 1.82) is 5.41 Å². The fourth-order valence-electron chi connectivity index (χ4n) is 3.92. The topological polar surface area (TPSA) is 141 Å². The largest absolute Gasteiger partial charge is 0.465 e. The average Bonchev–Trinajstić information content (AvgIpc) is 3.18. The molecule has 0 unspecified atom stereocenters. The molecule has 0 spiro atoms. The Kier molecular flexibility index (Phi) is 6.12. The van der Waals surface area contributed by atoms with E-state index in [1.807, 2.05) is 6.92 Å². The number of amides is 2. The van der Waals surface area contributed by atoms with Crippen molar-refractivity contribution in [2.75, 3.05) is 30.5 Å². The molecule has 0 bridgehead atoms. The minimum Gasteiger partial charge on any atom is -0.465 e. The van der Waals surface area contributed by atoms with Crippen LogP contribution in [-0.4, -0.2) is 61.2 Å². The number of aryl methyl sites for hydroxylation is 1. The molecule has 2 aliphatic heterocycles. The Bertz CT molecular complexity index is 1150.